The number of aromatic nitrogens is 1. The first-order valence-corrected chi connectivity index (χ1v) is 11.7. The molecule has 0 bridgehead atoms. The van der Waals surface area contributed by atoms with Gasteiger partial charge in [-0.25, -0.2) is 4.98 Å². The van der Waals surface area contributed by atoms with Gasteiger partial charge in [-0.05, 0) is 63.4 Å². The van der Waals surface area contributed by atoms with Crippen molar-refractivity contribution in [2.75, 3.05) is 40.3 Å². The van der Waals surface area contributed by atoms with Crippen molar-refractivity contribution in [1.29, 1.82) is 0 Å². The summed E-state index contributed by atoms with van der Waals surface area (Å²) in [5, 5.41) is 6.79. The molecule has 6 nitrogen and oxygen atoms in total. The fraction of sp³-hybridized carbons (Fsp3) is 0.565. The number of aryl methyl sites for hydroxylation is 1. The molecule has 0 atom stereocenters. The summed E-state index contributed by atoms with van der Waals surface area (Å²) in [4.78, 5) is 14.3. The number of ether oxygens (including phenoxy) is 1. The lowest BCUT2D eigenvalue weighted by Crippen LogP contribution is -2.39. The zero-order chi connectivity index (χ0) is 21.3. The maximum absolute atomic E-state index is 5.25. The van der Waals surface area contributed by atoms with Crippen LogP contribution in [0.4, 0.5) is 0 Å². The first-order valence-electron chi connectivity index (χ1n) is 10.8. The lowest BCUT2D eigenvalue weighted by atomic mass is 9.97. The van der Waals surface area contributed by atoms with Gasteiger partial charge in [-0.15, -0.1) is 11.3 Å². The van der Waals surface area contributed by atoms with Crippen molar-refractivity contribution in [2.45, 2.75) is 39.8 Å². The molecule has 0 amide bonds. The fourth-order valence-electron chi connectivity index (χ4n) is 3.80. The molecule has 1 aliphatic rings. The number of thiazole rings is 1. The minimum absolute atomic E-state index is 0.654. The molecule has 3 rings (SSSR count). The van der Waals surface area contributed by atoms with Gasteiger partial charge < -0.3 is 15.0 Å². The summed E-state index contributed by atoms with van der Waals surface area (Å²) in [6.45, 7) is 10.0. The zero-order valence-electron chi connectivity index (χ0n) is 18.7. The van der Waals surface area contributed by atoms with E-state index < -0.39 is 0 Å². The maximum Gasteiger partial charge on any atom is 0.193 e. The van der Waals surface area contributed by atoms with Crippen LogP contribution < -0.4 is 10.1 Å². The van der Waals surface area contributed by atoms with Gasteiger partial charge in [0.1, 0.15) is 5.75 Å². The van der Waals surface area contributed by atoms with Gasteiger partial charge in [0.2, 0.25) is 0 Å². The lowest BCUT2D eigenvalue weighted by molar-refractivity contribution is 0.179. The van der Waals surface area contributed by atoms with Crippen molar-refractivity contribution < 1.29 is 4.74 Å². The van der Waals surface area contributed by atoms with Crippen molar-refractivity contribution in [2.24, 2.45) is 10.9 Å². The summed E-state index contributed by atoms with van der Waals surface area (Å²) < 4.78 is 5.25. The second kappa shape index (κ2) is 11.3. The van der Waals surface area contributed by atoms with E-state index in [0.29, 0.717) is 5.92 Å². The predicted molar refractivity (Wildman–Crippen MR) is 125 cm³/mol. The molecular formula is C23H35N5OS. The number of hydrogen-bond donors (Lipinski definition) is 1. The average Bonchev–Trinajstić information content (AvgIpc) is 3.17. The molecule has 0 radical (unpaired) electrons. The van der Waals surface area contributed by atoms with E-state index in [1.165, 1.54) is 24.1 Å². The summed E-state index contributed by atoms with van der Waals surface area (Å²) >= 11 is 1.74. The first-order chi connectivity index (χ1) is 14.6. The van der Waals surface area contributed by atoms with Crippen molar-refractivity contribution in [3.05, 3.63) is 45.9 Å². The van der Waals surface area contributed by atoms with E-state index in [1.807, 2.05) is 12.1 Å². The van der Waals surface area contributed by atoms with E-state index in [4.69, 9.17) is 9.73 Å². The van der Waals surface area contributed by atoms with Crippen LogP contribution >= 0.6 is 11.3 Å². The van der Waals surface area contributed by atoms with Crippen LogP contribution in [0, 0.1) is 12.8 Å². The minimum atomic E-state index is 0.654. The Kier molecular flexibility index (Phi) is 8.51. The number of aliphatic imine (C=N–C) groups is 1. The molecular weight excluding hydrogens is 394 g/mol. The van der Waals surface area contributed by atoms with E-state index in [-0.39, 0.29) is 0 Å². The number of benzene rings is 1. The van der Waals surface area contributed by atoms with Crippen LogP contribution in [0.5, 0.6) is 5.75 Å². The number of nitrogens with zero attached hydrogens (tertiary/aromatic N) is 4. The highest BCUT2D eigenvalue weighted by atomic mass is 32.1. The van der Waals surface area contributed by atoms with Crippen LogP contribution in [0.1, 0.15) is 36.0 Å². The molecule has 2 heterocycles. The van der Waals surface area contributed by atoms with Crippen LogP contribution in [0.25, 0.3) is 0 Å². The molecule has 1 aromatic carbocycles. The largest absolute Gasteiger partial charge is 0.497 e. The molecule has 1 saturated heterocycles. The number of piperidine rings is 1. The van der Waals surface area contributed by atoms with Crippen molar-refractivity contribution in [3.63, 3.8) is 0 Å². The Hall–Kier alpha value is -2.12. The summed E-state index contributed by atoms with van der Waals surface area (Å²) in [5.41, 5.74) is 2.46. The van der Waals surface area contributed by atoms with E-state index in [2.05, 4.69) is 58.5 Å². The van der Waals surface area contributed by atoms with Gasteiger partial charge in [-0.1, -0.05) is 12.1 Å². The van der Waals surface area contributed by atoms with Gasteiger partial charge in [-0.3, -0.25) is 9.89 Å². The van der Waals surface area contributed by atoms with Gasteiger partial charge >= 0.3 is 0 Å². The van der Waals surface area contributed by atoms with Crippen molar-refractivity contribution in [1.82, 2.24) is 20.1 Å². The third kappa shape index (κ3) is 6.71. The maximum atomic E-state index is 5.25. The Morgan fingerprint density at radius 2 is 2.03 bits per heavy atom. The minimum Gasteiger partial charge on any atom is -0.497 e. The molecule has 1 aliphatic heterocycles. The molecule has 1 aromatic heterocycles. The number of methoxy groups -OCH3 is 1. The van der Waals surface area contributed by atoms with E-state index >= 15 is 0 Å². The molecule has 1 fully saturated rings. The molecule has 30 heavy (non-hydrogen) atoms. The smallest absolute Gasteiger partial charge is 0.193 e. The van der Waals surface area contributed by atoms with Crippen LogP contribution in [0.2, 0.25) is 0 Å². The Morgan fingerprint density at radius 1 is 1.30 bits per heavy atom. The number of rotatable bonds is 8. The Balaban J connectivity index is 1.49. The van der Waals surface area contributed by atoms with Crippen molar-refractivity contribution >= 4 is 17.3 Å². The highest BCUT2D eigenvalue weighted by Gasteiger charge is 2.20. The van der Waals surface area contributed by atoms with Crippen LogP contribution in [0.3, 0.4) is 0 Å². The number of nitrogens with one attached hydrogen (secondary N) is 1. The number of likely N-dealkylation sites (tertiary alicyclic amines) is 1. The van der Waals surface area contributed by atoms with Crippen LogP contribution in [-0.4, -0.2) is 61.1 Å². The molecule has 0 aliphatic carbocycles. The third-order valence-electron chi connectivity index (χ3n) is 5.53. The Bertz CT molecular complexity index is 796. The standard InChI is InChI=1S/C23H35N5OS/c1-5-24-23(27(3)15-20-6-8-22(29-4)9-7-20)25-14-19-10-12-28(13-11-19)16-21-17-30-18(2)26-21/h6-9,17,19H,5,10-16H2,1-4H3,(H,24,25). The lowest BCUT2D eigenvalue weighted by Gasteiger charge is -2.31. The zero-order valence-corrected chi connectivity index (χ0v) is 19.5. The van der Waals surface area contributed by atoms with Gasteiger partial charge in [0.15, 0.2) is 5.96 Å². The molecule has 0 saturated carbocycles. The van der Waals surface area contributed by atoms with E-state index in [0.717, 1.165) is 56.0 Å². The van der Waals surface area contributed by atoms with Crippen LogP contribution in [0.15, 0.2) is 34.6 Å². The normalized spacial score (nSPS) is 15.9. The first kappa shape index (κ1) is 22.6. The topological polar surface area (TPSA) is 53.0 Å². The number of hydrogen-bond acceptors (Lipinski definition) is 5. The fourth-order valence-corrected chi connectivity index (χ4v) is 4.41. The SMILES string of the molecule is CCNC(=NCC1CCN(Cc2csc(C)n2)CC1)N(C)Cc1ccc(OC)cc1. The quantitative estimate of drug-likeness (QED) is 0.511. The summed E-state index contributed by atoms with van der Waals surface area (Å²) in [6.07, 6.45) is 2.41. The van der Waals surface area contributed by atoms with E-state index in [9.17, 15) is 0 Å². The van der Waals surface area contributed by atoms with Gasteiger partial charge in [0, 0.05) is 38.6 Å². The molecule has 7 heteroatoms. The second-order valence-electron chi connectivity index (χ2n) is 7.98. The predicted octanol–water partition coefficient (Wildman–Crippen LogP) is 3.77. The Labute approximate surface area is 185 Å². The molecule has 2 aromatic rings. The molecule has 164 valence electrons. The second-order valence-corrected chi connectivity index (χ2v) is 9.04. The summed E-state index contributed by atoms with van der Waals surface area (Å²) in [5.74, 6) is 2.52. The molecule has 0 unspecified atom stereocenters. The van der Waals surface area contributed by atoms with E-state index in [1.54, 1.807) is 18.4 Å². The molecule has 0 spiro atoms. The average molecular weight is 430 g/mol. The highest BCUT2D eigenvalue weighted by molar-refractivity contribution is 7.09. The third-order valence-corrected chi connectivity index (χ3v) is 6.36. The number of guanidine groups is 1. The van der Waals surface area contributed by atoms with Crippen molar-refractivity contribution in [3.8, 4) is 5.75 Å². The molecule has 1 N–H and O–H groups in total. The highest BCUT2D eigenvalue weighted by Crippen LogP contribution is 2.20. The van der Waals surface area contributed by atoms with Gasteiger partial charge in [-0.2, -0.15) is 0 Å². The Morgan fingerprint density at radius 3 is 2.63 bits per heavy atom. The summed E-state index contributed by atoms with van der Waals surface area (Å²) in [6, 6.07) is 8.23. The van der Waals surface area contributed by atoms with Gasteiger partial charge in [0.05, 0.1) is 17.8 Å². The monoisotopic (exact) mass is 429 g/mol. The summed E-state index contributed by atoms with van der Waals surface area (Å²) in [7, 11) is 3.80. The van der Waals surface area contributed by atoms with Gasteiger partial charge in [0.25, 0.3) is 0 Å². The van der Waals surface area contributed by atoms with Crippen LogP contribution in [-0.2, 0) is 13.1 Å².